The molecule has 0 atom stereocenters. The first-order valence-electron chi connectivity index (χ1n) is 9.58. The number of nitrogens with one attached hydrogen (secondary N) is 1. The van der Waals surface area contributed by atoms with Crippen LogP contribution in [0, 0.1) is 5.92 Å². The molecule has 1 heterocycles. The molecular weight excluding hydrogens is 352 g/mol. The van der Waals surface area contributed by atoms with Crippen molar-refractivity contribution >= 4 is 10.0 Å². The minimum atomic E-state index is -3.55. The van der Waals surface area contributed by atoms with Gasteiger partial charge in [0.25, 0.3) is 0 Å². The zero-order chi connectivity index (χ0) is 19.0. The van der Waals surface area contributed by atoms with Crippen molar-refractivity contribution < 1.29 is 17.9 Å². The summed E-state index contributed by atoms with van der Waals surface area (Å²) in [5.74, 6) is 1.83. The van der Waals surface area contributed by atoms with E-state index in [9.17, 15) is 8.42 Å². The zero-order valence-electron chi connectivity index (χ0n) is 16.2. The third-order valence-corrected chi connectivity index (χ3v) is 6.10. The predicted molar refractivity (Wildman–Crippen MR) is 103 cm³/mol. The third-order valence-electron chi connectivity index (χ3n) is 4.64. The molecule has 1 N–H and O–H groups in total. The van der Waals surface area contributed by atoms with E-state index in [0.29, 0.717) is 31.3 Å². The highest BCUT2D eigenvalue weighted by molar-refractivity contribution is 7.89. The Labute approximate surface area is 157 Å². The molecule has 2 rings (SSSR count). The monoisotopic (exact) mass is 384 g/mol. The van der Waals surface area contributed by atoms with Crippen molar-refractivity contribution in [2.75, 3.05) is 39.4 Å². The molecule has 1 aromatic carbocycles. The fraction of sp³-hybridized carbons (Fsp3) is 0.684. The molecule has 1 fully saturated rings. The number of likely N-dealkylation sites (tertiary alicyclic amines) is 1. The number of sulfonamides is 1. The van der Waals surface area contributed by atoms with E-state index < -0.39 is 10.0 Å². The molecule has 0 amide bonds. The minimum Gasteiger partial charge on any atom is -0.490 e. The Morgan fingerprint density at radius 1 is 1.12 bits per heavy atom. The smallest absolute Gasteiger partial charge is 0.240 e. The fourth-order valence-corrected chi connectivity index (χ4v) is 4.17. The van der Waals surface area contributed by atoms with Crippen LogP contribution >= 0.6 is 0 Å². The molecule has 0 radical (unpaired) electrons. The lowest BCUT2D eigenvalue weighted by molar-refractivity contribution is 0.191. The maximum atomic E-state index is 12.5. The van der Waals surface area contributed by atoms with Gasteiger partial charge in [-0.3, -0.25) is 0 Å². The van der Waals surface area contributed by atoms with Crippen LogP contribution in [-0.4, -0.2) is 52.7 Å². The maximum Gasteiger partial charge on any atom is 0.240 e. The van der Waals surface area contributed by atoms with Crippen molar-refractivity contribution in [2.24, 2.45) is 5.92 Å². The summed E-state index contributed by atoms with van der Waals surface area (Å²) >= 11 is 0. The number of benzene rings is 1. The molecule has 26 heavy (non-hydrogen) atoms. The van der Waals surface area contributed by atoms with Gasteiger partial charge in [-0.1, -0.05) is 6.92 Å². The standard InChI is InChI=1S/C19H32N2O4S/c1-4-24-18-8-7-17(15-19(18)25-5-2)26(22,23)20-11-6-12-21-13-9-16(3)10-14-21/h7-8,15-16,20H,4-6,9-14H2,1-3H3. The van der Waals surface area contributed by atoms with Crippen molar-refractivity contribution in [1.29, 1.82) is 0 Å². The molecule has 148 valence electrons. The Morgan fingerprint density at radius 2 is 1.77 bits per heavy atom. The first-order chi connectivity index (χ1) is 12.5. The summed E-state index contributed by atoms with van der Waals surface area (Å²) in [7, 11) is -3.55. The van der Waals surface area contributed by atoms with E-state index >= 15 is 0 Å². The number of hydrogen-bond acceptors (Lipinski definition) is 5. The lowest BCUT2D eigenvalue weighted by Gasteiger charge is -2.30. The second kappa shape index (κ2) is 10.1. The average molecular weight is 385 g/mol. The number of rotatable bonds is 10. The van der Waals surface area contributed by atoms with Crippen molar-refractivity contribution in [3.63, 3.8) is 0 Å². The molecule has 1 aliphatic heterocycles. The fourth-order valence-electron chi connectivity index (χ4n) is 3.08. The van der Waals surface area contributed by atoms with Gasteiger partial charge in [0.1, 0.15) is 0 Å². The third kappa shape index (κ3) is 6.14. The summed E-state index contributed by atoms with van der Waals surface area (Å²) in [6.07, 6.45) is 3.28. The molecule has 7 heteroatoms. The summed E-state index contributed by atoms with van der Waals surface area (Å²) in [5.41, 5.74) is 0. The zero-order valence-corrected chi connectivity index (χ0v) is 17.0. The van der Waals surface area contributed by atoms with Crippen LogP contribution in [-0.2, 0) is 10.0 Å². The second-order valence-electron chi connectivity index (χ2n) is 6.75. The quantitative estimate of drug-likeness (QED) is 0.628. The first kappa shape index (κ1) is 21.0. The van der Waals surface area contributed by atoms with E-state index in [2.05, 4.69) is 16.5 Å². The van der Waals surface area contributed by atoms with E-state index in [1.807, 2.05) is 13.8 Å². The van der Waals surface area contributed by atoms with Crippen LogP contribution in [0.15, 0.2) is 23.1 Å². The van der Waals surface area contributed by atoms with Crippen LogP contribution in [0.5, 0.6) is 11.5 Å². The molecular formula is C19H32N2O4S. The molecule has 0 unspecified atom stereocenters. The Bertz CT molecular complexity index is 656. The Hall–Kier alpha value is -1.31. The van der Waals surface area contributed by atoms with Gasteiger partial charge in [-0.25, -0.2) is 13.1 Å². The van der Waals surface area contributed by atoms with Gasteiger partial charge < -0.3 is 14.4 Å². The summed E-state index contributed by atoms with van der Waals surface area (Å²) < 4.78 is 38.8. The number of hydrogen-bond donors (Lipinski definition) is 1. The molecule has 0 saturated carbocycles. The highest BCUT2D eigenvalue weighted by Gasteiger charge is 2.18. The molecule has 6 nitrogen and oxygen atoms in total. The number of nitrogens with zero attached hydrogens (tertiary/aromatic N) is 1. The highest BCUT2D eigenvalue weighted by Crippen LogP contribution is 2.30. The average Bonchev–Trinajstić information content (AvgIpc) is 2.62. The highest BCUT2D eigenvalue weighted by atomic mass is 32.2. The SMILES string of the molecule is CCOc1ccc(S(=O)(=O)NCCCN2CCC(C)CC2)cc1OCC. The summed E-state index contributed by atoms with van der Waals surface area (Å²) in [5, 5.41) is 0. The first-order valence-corrected chi connectivity index (χ1v) is 11.1. The van der Waals surface area contributed by atoms with Crippen LogP contribution in [0.2, 0.25) is 0 Å². The van der Waals surface area contributed by atoms with E-state index in [1.165, 1.54) is 18.9 Å². The summed E-state index contributed by atoms with van der Waals surface area (Å²) in [4.78, 5) is 2.62. The van der Waals surface area contributed by atoms with Crippen molar-refractivity contribution in [3.05, 3.63) is 18.2 Å². The Balaban J connectivity index is 1.89. The Kier molecular flexibility index (Phi) is 8.18. The predicted octanol–water partition coefficient (Wildman–Crippen LogP) is 2.88. The molecule has 0 aliphatic carbocycles. The molecule has 0 aromatic heterocycles. The van der Waals surface area contributed by atoms with Crippen molar-refractivity contribution in [2.45, 2.75) is 44.9 Å². The summed E-state index contributed by atoms with van der Waals surface area (Å²) in [6, 6.07) is 4.74. The summed E-state index contributed by atoms with van der Waals surface area (Å²) in [6.45, 7) is 10.6. The normalized spacial score (nSPS) is 16.6. The van der Waals surface area contributed by atoms with Crippen LogP contribution in [0.1, 0.15) is 40.0 Å². The van der Waals surface area contributed by atoms with E-state index in [4.69, 9.17) is 9.47 Å². The second-order valence-corrected chi connectivity index (χ2v) is 8.52. The van der Waals surface area contributed by atoms with Gasteiger partial charge in [0.15, 0.2) is 11.5 Å². The van der Waals surface area contributed by atoms with E-state index in [-0.39, 0.29) is 4.90 Å². The molecule has 0 spiro atoms. The van der Waals surface area contributed by atoms with Gasteiger partial charge in [0.2, 0.25) is 10.0 Å². The lowest BCUT2D eigenvalue weighted by atomic mass is 9.99. The van der Waals surface area contributed by atoms with Gasteiger partial charge in [-0.05, 0) is 70.8 Å². The number of piperidine rings is 1. The van der Waals surface area contributed by atoms with Crippen LogP contribution in [0.4, 0.5) is 0 Å². The van der Waals surface area contributed by atoms with Crippen LogP contribution in [0.3, 0.4) is 0 Å². The molecule has 1 aliphatic rings. The Morgan fingerprint density at radius 3 is 2.42 bits per heavy atom. The van der Waals surface area contributed by atoms with Crippen molar-refractivity contribution in [3.8, 4) is 11.5 Å². The molecule has 0 bridgehead atoms. The largest absolute Gasteiger partial charge is 0.490 e. The number of ether oxygens (including phenoxy) is 2. The van der Waals surface area contributed by atoms with Crippen LogP contribution in [0.25, 0.3) is 0 Å². The lowest BCUT2D eigenvalue weighted by Crippen LogP contribution is -2.35. The van der Waals surface area contributed by atoms with Gasteiger partial charge in [-0.2, -0.15) is 0 Å². The van der Waals surface area contributed by atoms with Gasteiger partial charge in [0.05, 0.1) is 18.1 Å². The van der Waals surface area contributed by atoms with E-state index in [0.717, 1.165) is 32.0 Å². The van der Waals surface area contributed by atoms with Crippen LogP contribution < -0.4 is 14.2 Å². The topological polar surface area (TPSA) is 67.9 Å². The molecule has 1 aromatic rings. The maximum absolute atomic E-state index is 12.5. The van der Waals surface area contributed by atoms with Gasteiger partial charge >= 0.3 is 0 Å². The van der Waals surface area contributed by atoms with Crippen molar-refractivity contribution in [1.82, 2.24) is 9.62 Å². The van der Waals surface area contributed by atoms with Gasteiger partial charge in [-0.15, -0.1) is 0 Å². The van der Waals surface area contributed by atoms with E-state index in [1.54, 1.807) is 12.1 Å². The van der Waals surface area contributed by atoms with Gasteiger partial charge in [0, 0.05) is 12.6 Å². The minimum absolute atomic E-state index is 0.205. The molecule has 1 saturated heterocycles.